The van der Waals surface area contributed by atoms with Crippen molar-refractivity contribution in [3.63, 3.8) is 0 Å². The molecule has 124 valence electrons. The molecular weight excluding hydrogens is 292 g/mol. The number of benzene rings is 1. The van der Waals surface area contributed by atoms with Crippen molar-refractivity contribution in [2.24, 2.45) is 0 Å². The Morgan fingerprint density at radius 2 is 1.83 bits per heavy atom. The lowest BCUT2D eigenvalue weighted by molar-refractivity contribution is 0.131. The number of imide groups is 1. The number of amides is 3. The summed E-state index contributed by atoms with van der Waals surface area (Å²) in [6, 6.07) is 7.41. The highest BCUT2D eigenvalue weighted by atomic mass is 16.6. The smallest absolute Gasteiger partial charge is 0.419 e. The van der Waals surface area contributed by atoms with E-state index in [9.17, 15) is 9.59 Å². The molecule has 1 heterocycles. The number of carbonyl (C=O) groups is 2. The first-order valence-corrected chi connectivity index (χ1v) is 8.43. The van der Waals surface area contributed by atoms with Gasteiger partial charge < -0.3 is 10.1 Å². The standard InChI is InChI=1S/C18H24N2O3/c1-12-8-10-14(11-9-12)16-13(2)20(18(22)23-16)17(21)19-15-6-4-3-5-7-15/h8-11,13,15-16H,3-7H2,1-2H3,(H,19,21)/t13-,16+/m0/s1. The van der Waals surface area contributed by atoms with Gasteiger partial charge in [0.1, 0.15) is 6.10 Å². The molecule has 3 rings (SSSR count). The molecule has 2 atom stereocenters. The second kappa shape index (κ2) is 6.60. The fourth-order valence-corrected chi connectivity index (χ4v) is 3.43. The third-order valence-corrected chi connectivity index (χ3v) is 4.83. The van der Waals surface area contributed by atoms with Gasteiger partial charge in [-0.25, -0.2) is 14.5 Å². The van der Waals surface area contributed by atoms with Gasteiger partial charge in [0.15, 0.2) is 0 Å². The Balaban J connectivity index is 1.69. The molecule has 2 aliphatic rings. The van der Waals surface area contributed by atoms with Crippen molar-refractivity contribution in [2.45, 2.75) is 64.1 Å². The van der Waals surface area contributed by atoms with E-state index in [-0.39, 0.29) is 18.1 Å². The van der Waals surface area contributed by atoms with Crippen LogP contribution in [0.1, 0.15) is 56.3 Å². The van der Waals surface area contributed by atoms with Crippen molar-refractivity contribution < 1.29 is 14.3 Å². The monoisotopic (exact) mass is 316 g/mol. The lowest BCUT2D eigenvalue weighted by Crippen LogP contribution is -2.48. The van der Waals surface area contributed by atoms with E-state index in [1.807, 2.05) is 38.1 Å². The maximum atomic E-state index is 12.5. The molecule has 1 aromatic carbocycles. The van der Waals surface area contributed by atoms with Crippen LogP contribution in [0.3, 0.4) is 0 Å². The zero-order valence-corrected chi connectivity index (χ0v) is 13.7. The molecule has 5 nitrogen and oxygen atoms in total. The zero-order chi connectivity index (χ0) is 16.4. The Morgan fingerprint density at radius 3 is 2.48 bits per heavy atom. The van der Waals surface area contributed by atoms with Gasteiger partial charge in [-0.15, -0.1) is 0 Å². The highest BCUT2D eigenvalue weighted by molar-refractivity contribution is 5.93. The van der Waals surface area contributed by atoms with Gasteiger partial charge in [0.2, 0.25) is 0 Å². The molecule has 1 N–H and O–H groups in total. The van der Waals surface area contributed by atoms with Crippen molar-refractivity contribution in [3.8, 4) is 0 Å². The fraction of sp³-hybridized carbons (Fsp3) is 0.556. The number of ether oxygens (including phenoxy) is 1. The molecule has 5 heteroatoms. The van der Waals surface area contributed by atoms with Crippen LogP contribution < -0.4 is 5.32 Å². The minimum atomic E-state index is -0.559. The van der Waals surface area contributed by atoms with Crippen LogP contribution in [0.15, 0.2) is 24.3 Å². The molecule has 0 aromatic heterocycles. The molecule has 0 bridgehead atoms. The predicted octanol–water partition coefficient (Wildman–Crippen LogP) is 3.92. The number of nitrogens with zero attached hydrogens (tertiary/aromatic N) is 1. The summed E-state index contributed by atoms with van der Waals surface area (Å²) in [6.07, 6.45) is 4.52. The van der Waals surface area contributed by atoms with E-state index >= 15 is 0 Å². The quantitative estimate of drug-likeness (QED) is 0.899. The third kappa shape index (κ3) is 3.33. The number of carbonyl (C=O) groups excluding carboxylic acids is 2. The Labute approximate surface area is 137 Å². The Kier molecular flexibility index (Phi) is 4.55. The number of hydrogen-bond donors (Lipinski definition) is 1. The summed E-state index contributed by atoms with van der Waals surface area (Å²) in [5, 5.41) is 2.99. The summed E-state index contributed by atoms with van der Waals surface area (Å²) in [5.74, 6) is 0. The average molecular weight is 316 g/mol. The molecule has 0 radical (unpaired) electrons. The van der Waals surface area contributed by atoms with E-state index in [1.165, 1.54) is 11.3 Å². The molecule has 23 heavy (non-hydrogen) atoms. The molecule has 1 aliphatic heterocycles. The van der Waals surface area contributed by atoms with Crippen molar-refractivity contribution in [3.05, 3.63) is 35.4 Å². The van der Waals surface area contributed by atoms with Crippen LogP contribution in [-0.2, 0) is 4.74 Å². The molecule has 1 saturated carbocycles. The van der Waals surface area contributed by atoms with Gasteiger partial charge in [-0.3, -0.25) is 0 Å². The normalized spacial score (nSPS) is 25.3. The van der Waals surface area contributed by atoms with Gasteiger partial charge in [-0.05, 0) is 32.3 Å². The number of hydrogen-bond acceptors (Lipinski definition) is 3. The van der Waals surface area contributed by atoms with Crippen molar-refractivity contribution >= 4 is 12.1 Å². The summed E-state index contributed by atoms with van der Waals surface area (Å²) in [5.41, 5.74) is 2.07. The van der Waals surface area contributed by atoms with E-state index < -0.39 is 12.2 Å². The van der Waals surface area contributed by atoms with Crippen LogP contribution in [-0.4, -0.2) is 29.1 Å². The molecular formula is C18H24N2O3. The van der Waals surface area contributed by atoms with Gasteiger partial charge in [0.05, 0.1) is 6.04 Å². The number of nitrogens with one attached hydrogen (secondary N) is 1. The first-order chi connectivity index (χ1) is 11.1. The highest BCUT2D eigenvalue weighted by Gasteiger charge is 2.43. The lowest BCUT2D eigenvalue weighted by Gasteiger charge is -2.26. The van der Waals surface area contributed by atoms with Gasteiger partial charge >= 0.3 is 12.1 Å². The molecule has 1 aromatic rings. The minimum absolute atomic E-state index is 0.176. The Bertz CT molecular complexity index is 578. The minimum Gasteiger partial charge on any atom is -0.439 e. The highest BCUT2D eigenvalue weighted by Crippen LogP contribution is 2.32. The maximum absolute atomic E-state index is 12.5. The van der Waals surface area contributed by atoms with Crippen LogP contribution in [0.5, 0.6) is 0 Å². The van der Waals surface area contributed by atoms with Gasteiger partial charge in [0, 0.05) is 6.04 Å². The number of urea groups is 1. The maximum Gasteiger partial charge on any atom is 0.419 e. The summed E-state index contributed by atoms with van der Waals surface area (Å²) in [6.45, 7) is 3.87. The molecule has 3 amide bonds. The SMILES string of the molecule is Cc1ccc([C@@H]2OC(=O)N(C(=O)NC3CCCCC3)[C@H]2C)cc1. The summed E-state index contributed by atoms with van der Waals surface area (Å²) in [4.78, 5) is 25.9. The summed E-state index contributed by atoms with van der Waals surface area (Å²) in [7, 11) is 0. The molecule has 2 fully saturated rings. The molecule has 0 unspecified atom stereocenters. The second-order valence-electron chi connectivity index (χ2n) is 6.61. The van der Waals surface area contributed by atoms with Crippen molar-refractivity contribution in [2.75, 3.05) is 0 Å². The first kappa shape index (κ1) is 15.8. The van der Waals surface area contributed by atoms with Crippen LogP contribution in [0, 0.1) is 6.92 Å². The average Bonchev–Trinajstić information content (AvgIpc) is 2.84. The molecule has 1 aliphatic carbocycles. The lowest BCUT2D eigenvalue weighted by atomic mass is 9.96. The number of rotatable bonds is 2. The van der Waals surface area contributed by atoms with E-state index in [2.05, 4.69) is 5.32 Å². The summed E-state index contributed by atoms with van der Waals surface area (Å²) >= 11 is 0. The second-order valence-corrected chi connectivity index (χ2v) is 6.61. The van der Waals surface area contributed by atoms with Gasteiger partial charge in [-0.1, -0.05) is 49.1 Å². The van der Waals surface area contributed by atoms with Crippen LogP contribution in [0.4, 0.5) is 9.59 Å². The van der Waals surface area contributed by atoms with E-state index in [0.717, 1.165) is 36.8 Å². The molecule has 0 spiro atoms. The van der Waals surface area contributed by atoms with E-state index in [1.54, 1.807) is 0 Å². The largest absolute Gasteiger partial charge is 0.439 e. The topological polar surface area (TPSA) is 58.6 Å². The van der Waals surface area contributed by atoms with Crippen LogP contribution >= 0.6 is 0 Å². The Hall–Kier alpha value is -2.04. The fourth-order valence-electron chi connectivity index (χ4n) is 3.43. The Morgan fingerprint density at radius 1 is 1.17 bits per heavy atom. The van der Waals surface area contributed by atoms with E-state index in [4.69, 9.17) is 4.74 Å². The van der Waals surface area contributed by atoms with Crippen LogP contribution in [0.2, 0.25) is 0 Å². The number of aryl methyl sites for hydroxylation is 1. The zero-order valence-electron chi connectivity index (χ0n) is 13.7. The predicted molar refractivity (Wildman–Crippen MR) is 87.1 cm³/mol. The van der Waals surface area contributed by atoms with Gasteiger partial charge in [0.25, 0.3) is 0 Å². The van der Waals surface area contributed by atoms with Crippen molar-refractivity contribution in [1.82, 2.24) is 10.2 Å². The number of cyclic esters (lactones) is 1. The van der Waals surface area contributed by atoms with Gasteiger partial charge in [-0.2, -0.15) is 0 Å². The van der Waals surface area contributed by atoms with Crippen molar-refractivity contribution in [1.29, 1.82) is 0 Å². The molecule has 1 saturated heterocycles. The third-order valence-electron chi connectivity index (χ3n) is 4.83. The summed E-state index contributed by atoms with van der Waals surface area (Å²) < 4.78 is 5.45. The van der Waals surface area contributed by atoms with E-state index in [0.29, 0.717) is 0 Å². The van der Waals surface area contributed by atoms with Crippen LogP contribution in [0.25, 0.3) is 0 Å². The first-order valence-electron chi connectivity index (χ1n) is 8.43.